The number of ketones is 2. The fraction of sp³-hybridized carbons (Fsp3) is 0.843. The number of cyclic esters (lactones) is 3. The number of allylic oxidation sites excluding steroid dienone is 1. The maximum Gasteiger partial charge on any atom is 0.411 e. The topological polar surface area (TPSA) is 351 Å². The van der Waals surface area contributed by atoms with E-state index in [2.05, 4.69) is 137 Å². The van der Waals surface area contributed by atoms with Gasteiger partial charge in [-0.05, 0) is 207 Å². The van der Waals surface area contributed by atoms with Crippen LogP contribution in [-0.4, -0.2) is 237 Å². The lowest BCUT2D eigenvalue weighted by atomic mass is 9.76. The molecule has 0 bridgehead atoms. The van der Waals surface area contributed by atoms with Crippen LogP contribution in [-0.2, 0) is 84.9 Å². The van der Waals surface area contributed by atoms with Gasteiger partial charge in [-0.25, -0.2) is 19.2 Å². The van der Waals surface area contributed by atoms with Gasteiger partial charge in [0.2, 0.25) is 11.6 Å². The van der Waals surface area contributed by atoms with Crippen molar-refractivity contribution in [3.63, 3.8) is 0 Å². The summed E-state index contributed by atoms with van der Waals surface area (Å²) in [4.78, 5) is 94.3. The molecule has 0 spiro atoms. The molecule has 0 saturated carbocycles. The van der Waals surface area contributed by atoms with Crippen molar-refractivity contribution in [2.75, 3.05) is 68.6 Å². The molecule has 3 saturated heterocycles. The second-order valence-electron chi connectivity index (χ2n) is 39.7. The molecule has 21 atom stereocenters. The number of carbonyl (C=O) groups is 6. The van der Waals surface area contributed by atoms with Gasteiger partial charge < -0.3 is 80.8 Å². The molecule has 30 nitrogen and oxygen atoms in total. The Hall–Kier alpha value is -5.97. The number of nitrogens with one attached hydrogen (secondary N) is 1. The molecular weight excluding hydrogens is 1590 g/mol. The summed E-state index contributed by atoms with van der Waals surface area (Å²) >= 11 is 0. The SMILES string of the molecule is C=C(C(=O)[C@H](C)C[C@@](C)(OC)[C@H](O[C@@H]1OC(C)CC(N(C)C)C1C)[C@@H](C)C1=C(C)C(=O)OC(C)(C)O1)[C@H]1N(CCCCN=[N+]=[N-])C(=O)O[C@]1(C)[C@@H](CC)O[Si](C)(C)C(C)(C)C.CC[C@@H](O[Si](C)(C)C(C)(C)C)[C@](C)(/C=C/C(=O)[C@H](C)C[C@@](C)(OC)[C@H](O[C@@H]1OC(C)CC(N(C)C)C1C)[C@@H](C)C1=C(C)C(=O)OC(C)(C)O1)OC(=O)NCCCCN=[N+]=[N-]. The number of ether oxygens (including phenoxy) is 12. The predicted octanol–water partition coefficient (Wildman–Crippen LogP) is 18.5. The van der Waals surface area contributed by atoms with Crippen molar-refractivity contribution in [3.8, 4) is 0 Å². The van der Waals surface area contributed by atoms with E-state index >= 15 is 4.79 Å². The Labute approximate surface area is 727 Å². The molecule has 32 heteroatoms. The average Bonchev–Trinajstić information content (AvgIpc) is 1.59. The monoisotopic (exact) mass is 1740 g/mol. The molecule has 1 N–H and O–H groups in total. The average molecular weight is 1740 g/mol. The van der Waals surface area contributed by atoms with Crippen molar-refractivity contribution in [2.45, 2.75) is 382 Å². The summed E-state index contributed by atoms with van der Waals surface area (Å²) in [5.74, 6) is -5.45. The molecule has 0 aliphatic carbocycles. The fourth-order valence-corrected chi connectivity index (χ4v) is 19.8. The van der Waals surface area contributed by atoms with Crippen molar-refractivity contribution in [1.29, 1.82) is 0 Å². The molecule has 2 amide bonds. The molecule has 5 aliphatic rings. The Morgan fingerprint density at radius 1 is 0.645 bits per heavy atom. The minimum absolute atomic E-state index is 0.0228. The molecule has 0 aromatic rings. The smallest absolute Gasteiger partial charge is 0.411 e. The number of methoxy groups -OCH3 is 2. The highest BCUT2D eigenvalue weighted by Crippen LogP contribution is 2.49. The maximum atomic E-state index is 15.0. The van der Waals surface area contributed by atoms with Crippen LogP contribution in [0.2, 0.25) is 36.3 Å². The van der Waals surface area contributed by atoms with Crippen LogP contribution in [0.3, 0.4) is 0 Å². The molecule has 0 aromatic carbocycles. The predicted molar refractivity (Wildman–Crippen MR) is 473 cm³/mol. The lowest BCUT2D eigenvalue weighted by molar-refractivity contribution is -0.285. The van der Waals surface area contributed by atoms with E-state index in [1.165, 1.54) is 6.08 Å². The van der Waals surface area contributed by atoms with Gasteiger partial charge in [0.15, 0.2) is 52.0 Å². The molecule has 5 rings (SSSR count). The Morgan fingerprint density at radius 2 is 1.07 bits per heavy atom. The van der Waals surface area contributed by atoms with Crippen LogP contribution in [0.4, 0.5) is 9.59 Å². The fourth-order valence-electron chi connectivity index (χ4n) is 16.9. The van der Waals surface area contributed by atoms with Gasteiger partial charge in [-0.3, -0.25) is 14.5 Å². The van der Waals surface area contributed by atoms with E-state index in [0.29, 0.717) is 74.3 Å². The molecule has 3 fully saturated rings. The van der Waals surface area contributed by atoms with Crippen LogP contribution in [0.15, 0.2) is 57.2 Å². The molecule has 0 radical (unpaired) electrons. The minimum Gasteiger partial charge on any atom is -0.456 e. The van der Waals surface area contributed by atoms with Crippen LogP contribution in [0.1, 0.15) is 244 Å². The summed E-state index contributed by atoms with van der Waals surface area (Å²) in [7, 11) is 6.64. The zero-order chi connectivity index (χ0) is 92.6. The number of azide groups is 2. The van der Waals surface area contributed by atoms with Gasteiger partial charge in [-0.2, -0.15) is 0 Å². The van der Waals surface area contributed by atoms with Crippen LogP contribution in [0.25, 0.3) is 20.9 Å². The molecule has 692 valence electrons. The number of Topliss-reactive ketones (excluding diaryl/α,β-unsaturated/α-hetero) is 1. The van der Waals surface area contributed by atoms with E-state index in [4.69, 9.17) is 76.8 Å². The largest absolute Gasteiger partial charge is 0.456 e. The van der Waals surface area contributed by atoms with Crippen molar-refractivity contribution in [3.05, 3.63) is 67.9 Å². The van der Waals surface area contributed by atoms with Crippen LogP contribution in [0, 0.1) is 35.5 Å². The third-order valence-corrected chi connectivity index (χ3v) is 35.2. The molecule has 121 heavy (non-hydrogen) atoms. The minimum atomic E-state index is -2.39. The molecule has 0 aromatic heterocycles. The highest BCUT2D eigenvalue weighted by Gasteiger charge is 2.60. The second-order valence-corrected chi connectivity index (χ2v) is 49.2. The number of hydrogen-bond acceptors (Lipinski definition) is 24. The summed E-state index contributed by atoms with van der Waals surface area (Å²) in [6.45, 7) is 64.5. The van der Waals surface area contributed by atoms with Gasteiger partial charge in [-0.1, -0.05) is 114 Å². The summed E-state index contributed by atoms with van der Waals surface area (Å²) in [6.07, 6.45) is 3.26. The van der Waals surface area contributed by atoms with Crippen LogP contribution in [0.5, 0.6) is 0 Å². The Balaban J connectivity index is 0.000000508. The summed E-state index contributed by atoms with van der Waals surface area (Å²) < 4.78 is 90.0. The standard InChI is InChI=1S/C45H79N5O10Si.C44H79N5O10Si/c1-20-34(60-61(18,19)42(8,9)10)45(14)37(50(41(53)59-45)24-22-21-23-47-48-46)30(5)35(51)27(2)26-44(13,54-17)38(31(6)36-32(7)39(52)58-43(11,12)57-36)56-40-29(4)33(49(15)16)25-28(3)55-40;1-19-35(59-60(17,18)41(7,8)9)43(12,58-40(52)46-24-20-21-25-47-48-45)23-22-34(50)28(2)27-44(13,53-16)37(31(5)36-32(6)38(51)57-42(10,11)56-36)55-39-30(4)33(49(14)15)26-29(3)54-39/h27-29,31,33-34,37-38,40H,5,20-26H2,1-4,6-19H3;22-23,28-31,33,35,37,39H,19-21,24-27H2,1-18H3,(H,46,52)/b;23-22+/t27-,28?,29?,31+,33?,34-,37-,38-,40+,44-,45-;28-,29?,30?,31+,33?,35-,37-,39+,43+,44-/m11/s1. The molecule has 5 heterocycles. The lowest BCUT2D eigenvalue weighted by Gasteiger charge is -2.48. The number of alkyl carbamates (subject to hydrolysis) is 1. The number of carbonyl (C=O) groups excluding carboxylic acids is 6. The summed E-state index contributed by atoms with van der Waals surface area (Å²) in [5, 5.41) is 9.75. The van der Waals surface area contributed by atoms with E-state index in [0.717, 1.165) is 12.8 Å². The lowest BCUT2D eigenvalue weighted by Crippen LogP contribution is -2.58. The Bertz CT molecular complexity index is 3720. The zero-order valence-corrected chi connectivity index (χ0v) is 82.8. The number of unbranched alkanes of at least 4 members (excludes halogenated alkanes) is 2. The number of hydrogen-bond donors (Lipinski definition) is 1. The first-order valence-electron chi connectivity index (χ1n) is 43.7. The first kappa shape index (κ1) is 107. The molecule has 6 unspecified atom stereocenters. The van der Waals surface area contributed by atoms with E-state index in [-0.39, 0.29) is 89.3 Å². The number of esters is 2. The molecular formula is C89H158N10O20Si2. The third kappa shape index (κ3) is 27.8. The van der Waals surface area contributed by atoms with Gasteiger partial charge in [-0.15, -0.1) is 0 Å². The van der Waals surface area contributed by atoms with E-state index in [1.54, 1.807) is 73.7 Å². The second kappa shape index (κ2) is 44.0. The first-order chi connectivity index (χ1) is 55.6. The summed E-state index contributed by atoms with van der Waals surface area (Å²) in [5.41, 5.74) is 13.4. The van der Waals surface area contributed by atoms with E-state index < -0.39 is 141 Å². The number of rotatable bonds is 43. The normalized spacial score (nSPS) is 27.0. The number of amides is 2. The van der Waals surface area contributed by atoms with Gasteiger partial charge in [0.25, 0.3) is 0 Å². The van der Waals surface area contributed by atoms with Crippen molar-refractivity contribution >= 4 is 52.3 Å². The first-order valence-corrected chi connectivity index (χ1v) is 49.5. The van der Waals surface area contributed by atoms with Crippen molar-refractivity contribution in [2.24, 2.45) is 45.7 Å². The van der Waals surface area contributed by atoms with Gasteiger partial charge >= 0.3 is 24.1 Å². The van der Waals surface area contributed by atoms with Gasteiger partial charge in [0, 0.05) is 131 Å². The van der Waals surface area contributed by atoms with Crippen molar-refractivity contribution in [1.82, 2.24) is 20.0 Å². The van der Waals surface area contributed by atoms with Gasteiger partial charge in [0.05, 0.1) is 59.0 Å². The maximum absolute atomic E-state index is 15.0. The van der Waals surface area contributed by atoms with Crippen molar-refractivity contribution < 1.29 is 94.5 Å². The molecule has 5 aliphatic heterocycles. The highest BCUT2D eigenvalue weighted by molar-refractivity contribution is 6.74. The third-order valence-electron chi connectivity index (χ3n) is 26.2. The van der Waals surface area contributed by atoms with Crippen LogP contribution < -0.4 is 5.32 Å². The van der Waals surface area contributed by atoms with Crippen LogP contribution >= 0.6 is 0 Å². The van der Waals surface area contributed by atoms with Gasteiger partial charge in [0.1, 0.15) is 17.6 Å². The van der Waals surface area contributed by atoms with E-state index in [9.17, 15) is 24.0 Å². The highest BCUT2D eigenvalue weighted by atomic mass is 28.4. The quantitative estimate of drug-likeness (QED) is 0.00866. The van der Waals surface area contributed by atoms with E-state index in [1.807, 2.05) is 90.3 Å². The zero-order valence-electron chi connectivity index (χ0n) is 80.8. The number of nitrogens with zero attached hydrogens (tertiary/aromatic N) is 9. The Morgan fingerprint density at radius 3 is 1.46 bits per heavy atom. The summed E-state index contributed by atoms with van der Waals surface area (Å²) in [6, 6.07) is -0.491. The Kier molecular flexibility index (Phi) is 39.0.